The normalized spacial score (nSPS) is 28.3. The fourth-order valence-electron chi connectivity index (χ4n) is 6.21. The van der Waals surface area contributed by atoms with E-state index in [2.05, 4.69) is 15.5 Å². The number of hydrogen-bond acceptors (Lipinski definition) is 4. The lowest BCUT2D eigenvalue weighted by Crippen LogP contribution is -2.54. The van der Waals surface area contributed by atoms with Gasteiger partial charge >= 0.3 is 6.18 Å². The summed E-state index contributed by atoms with van der Waals surface area (Å²) in [4.78, 5) is 27.4. The smallest absolute Gasteiger partial charge is 0.411 e. The van der Waals surface area contributed by atoms with E-state index in [-0.39, 0.29) is 37.4 Å². The molecule has 6 nitrogen and oxygen atoms in total. The van der Waals surface area contributed by atoms with Crippen LogP contribution in [0, 0.1) is 12.8 Å². The number of fused-ring (bicyclic) bond motifs is 3. The Labute approximate surface area is 191 Å². The summed E-state index contributed by atoms with van der Waals surface area (Å²) in [5.41, 5.74) is -0.249. The highest BCUT2D eigenvalue weighted by Crippen LogP contribution is 2.49. The van der Waals surface area contributed by atoms with E-state index in [0.717, 1.165) is 62.7 Å². The Hall–Kier alpha value is -2.03. The number of carbonyl (C=O) groups excluding carboxylic acids is 2. The Bertz CT molecular complexity index is 923. The van der Waals surface area contributed by atoms with Crippen molar-refractivity contribution in [1.82, 2.24) is 15.5 Å². The van der Waals surface area contributed by atoms with Gasteiger partial charge < -0.3 is 15.1 Å². The molecule has 3 fully saturated rings. The highest BCUT2D eigenvalue weighted by molar-refractivity contribution is 5.97. The van der Waals surface area contributed by atoms with E-state index in [0.29, 0.717) is 23.8 Å². The van der Waals surface area contributed by atoms with E-state index < -0.39 is 17.6 Å². The lowest BCUT2D eigenvalue weighted by Gasteiger charge is -2.39. The molecule has 2 aliphatic heterocycles. The van der Waals surface area contributed by atoms with Crippen molar-refractivity contribution in [3.05, 3.63) is 22.6 Å². The maximum Gasteiger partial charge on any atom is 0.411 e. The van der Waals surface area contributed by atoms with Crippen LogP contribution in [0.15, 0.2) is 4.42 Å². The first kappa shape index (κ1) is 22.7. The van der Waals surface area contributed by atoms with Crippen molar-refractivity contribution in [3.8, 4) is 0 Å². The highest BCUT2D eigenvalue weighted by Gasteiger charge is 2.64. The fourth-order valence-corrected chi connectivity index (χ4v) is 6.21. The first-order valence-corrected chi connectivity index (χ1v) is 12.2. The van der Waals surface area contributed by atoms with Crippen molar-refractivity contribution in [2.45, 2.75) is 94.9 Å². The first-order chi connectivity index (χ1) is 15.7. The number of nitrogens with zero attached hydrogens (tertiary/aromatic N) is 1. The minimum Gasteiger partial charge on any atom is -0.465 e. The average Bonchev–Trinajstić information content (AvgIpc) is 3.41. The molecule has 1 saturated carbocycles. The summed E-state index contributed by atoms with van der Waals surface area (Å²) in [7, 11) is 0. The molecule has 2 amide bonds. The SMILES string of the molecule is Cc1oc2c(c1C(=O)NCC1C[C@H]3CC[C@@H](C1)N3CC(=O)NC1(C(F)(F)F)CC1)CCCC2. The van der Waals surface area contributed by atoms with Gasteiger partial charge in [0.1, 0.15) is 17.1 Å². The number of amides is 2. The topological polar surface area (TPSA) is 74.6 Å². The maximum absolute atomic E-state index is 13.2. The minimum atomic E-state index is -4.39. The van der Waals surface area contributed by atoms with Crippen LogP contribution in [0.25, 0.3) is 0 Å². The Balaban J connectivity index is 1.14. The van der Waals surface area contributed by atoms with E-state index in [4.69, 9.17) is 4.42 Å². The number of halogens is 3. The van der Waals surface area contributed by atoms with E-state index in [9.17, 15) is 22.8 Å². The lowest BCUT2D eigenvalue weighted by molar-refractivity contribution is -0.170. The van der Waals surface area contributed by atoms with Gasteiger partial charge in [0.25, 0.3) is 5.91 Å². The molecule has 2 aliphatic carbocycles. The van der Waals surface area contributed by atoms with Crippen LogP contribution in [-0.4, -0.2) is 53.6 Å². The fraction of sp³-hybridized carbons (Fsp3) is 0.750. The van der Waals surface area contributed by atoms with Crippen molar-refractivity contribution >= 4 is 11.8 Å². The second-order valence-electron chi connectivity index (χ2n) is 10.4. The zero-order chi connectivity index (χ0) is 23.4. The molecule has 182 valence electrons. The van der Waals surface area contributed by atoms with Crippen molar-refractivity contribution < 1.29 is 27.2 Å². The molecule has 0 aromatic carbocycles. The number of rotatable bonds is 6. The van der Waals surface area contributed by atoms with Gasteiger partial charge in [0, 0.05) is 30.6 Å². The molecular weight excluding hydrogens is 435 g/mol. The lowest BCUT2D eigenvalue weighted by atomic mass is 9.90. The second kappa shape index (κ2) is 8.32. The molecule has 3 atom stereocenters. The third-order valence-corrected chi connectivity index (χ3v) is 8.11. The molecule has 2 saturated heterocycles. The van der Waals surface area contributed by atoms with Crippen molar-refractivity contribution in [2.75, 3.05) is 13.1 Å². The molecule has 1 aromatic rings. The largest absolute Gasteiger partial charge is 0.465 e. The zero-order valence-corrected chi connectivity index (χ0v) is 19.0. The molecule has 9 heteroatoms. The van der Waals surface area contributed by atoms with Gasteiger partial charge in [-0.25, -0.2) is 0 Å². The summed E-state index contributed by atoms with van der Waals surface area (Å²) >= 11 is 0. The number of alkyl halides is 3. The summed E-state index contributed by atoms with van der Waals surface area (Å²) < 4.78 is 45.3. The van der Waals surface area contributed by atoms with Gasteiger partial charge in [-0.05, 0) is 70.6 Å². The van der Waals surface area contributed by atoms with Gasteiger partial charge in [-0.1, -0.05) is 0 Å². The van der Waals surface area contributed by atoms with Gasteiger partial charge in [-0.2, -0.15) is 13.2 Å². The van der Waals surface area contributed by atoms with Crippen LogP contribution >= 0.6 is 0 Å². The van der Waals surface area contributed by atoms with Crippen LogP contribution in [-0.2, 0) is 17.6 Å². The van der Waals surface area contributed by atoms with Crippen LogP contribution in [0.2, 0.25) is 0 Å². The summed E-state index contributed by atoms with van der Waals surface area (Å²) in [6, 6.07) is 0.363. The van der Waals surface area contributed by atoms with E-state index in [1.165, 1.54) is 0 Å². The van der Waals surface area contributed by atoms with Gasteiger partial charge in [0.15, 0.2) is 0 Å². The number of carbonyl (C=O) groups is 2. The Kier molecular flexibility index (Phi) is 5.74. The second-order valence-corrected chi connectivity index (χ2v) is 10.4. The average molecular weight is 468 g/mol. The molecule has 5 rings (SSSR count). The van der Waals surface area contributed by atoms with Gasteiger partial charge in [-0.3, -0.25) is 14.5 Å². The number of piperidine rings is 1. The number of aryl methyl sites for hydroxylation is 2. The molecule has 33 heavy (non-hydrogen) atoms. The van der Waals surface area contributed by atoms with Crippen molar-refractivity contribution in [2.24, 2.45) is 5.92 Å². The quantitative estimate of drug-likeness (QED) is 0.670. The summed E-state index contributed by atoms with van der Waals surface area (Å²) in [5, 5.41) is 5.35. The third kappa shape index (κ3) is 4.29. The zero-order valence-electron chi connectivity index (χ0n) is 19.0. The van der Waals surface area contributed by atoms with Gasteiger partial charge in [0.05, 0.1) is 12.1 Å². The van der Waals surface area contributed by atoms with Crippen LogP contribution in [0.4, 0.5) is 13.2 Å². The molecule has 2 N–H and O–H groups in total. The van der Waals surface area contributed by atoms with E-state index in [1.54, 1.807) is 0 Å². The molecule has 3 heterocycles. The summed E-state index contributed by atoms with van der Waals surface area (Å²) in [5.74, 6) is 1.34. The number of hydrogen-bond donors (Lipinski definition) is 2. The Morgan fingerprint density at radius 1 is 1.12 bits per heavy atom. The van der Waals surface area contributed by atoms with Gasteiger partial charge in [0.2, 0.25) is 5.91 Å². The molecule has 1 aromatic heterocycles. The molecule has 0 spiro atoms. The third-order valence-electron chi connectivity index (χ3n) is 8.11. The Morgan fingerprint density at radius 3 is 2.42 bits per heavy atom. The van der Waals surface area contributed by atoms with Crippen LogP contribution in [0.3, 0.4) is 0 Å². The van der Waals surface area contributed by atoms with Crippen LogP contribution < -0.4 is 10.6 Å². The van der Waals surface area contributed by atoms with Gasteiger partial charge in [-0.15, -0.1) is 0 Å². The monoisotopic (exact) mass is 467 g/mol. The predicted octanol–water partition coefficient (Wildman–Crippen LogP) is 3.65. The Morgan fingerprint density at radius 2 is 1.79 bits per heavy atom. The molecule has 4 aliphatic rings. The molecule has 1 unspecified atom stereocenters. The molecule has 0 radical (unpaired) electrons. The number of nitrogens with one attached hydrogen (secondary N) is 2. The van der Waals surface area contributed by atoms with E-state index >= 15 is 0 Å². The molecular formula is C24H32F3N3O3. The molecule has 2 bridgehead atoms. The van der Waals surface area contributed by atoms with E-state index in [1.807, 2.05) is 6.92 Å². The highest BCUT2D eigenvalue weighted by atomic mass is 19.4. The first-order valence-electron chi connectivity index (χ1n) is 12.2. The number of furan rings is 1. The summed E-state index contributed by atoms with van der Waals surface area (Å²) in [6.45, 7) is 2.44. The predicted molar refractivity (Wildman–Crippen MR) is 115 cm³/mol. The maximum atomic E-state index is 13.2. The minimum absolute atomic E-state index is 0.0204. The summed E-state index contributed by atoms with van der Waals surface area (Å²) in [6.07, 6.45) is 3.07. The van der Waals surface area contributed by atoms with Crippen LogP contribution in [0.1, 0.15) is 78.8 Å². The standard InChI is InChI=1S/C24H32F3N3O3/c1-14-21(18-4-2-3-5-19(18)33-14)22(32)28-12-15-10-16-6-7-17(11-15)30(16)13-20(31)29-23(8-9-23)24(25,26)27/h15-17H,2-13H2,1H3,(H,28,32)(H,29,31)/t15?,16-,17+. The van der Waals surface area contributed by atoms with Crippen molar-refractivity contribution in [1.29, 1.82) is 0 Å². The van der Waals surface area contributed by atoms with Crippen LogP contribution in [0.5, 0.6) is 0 Å². The van der Waals surface area contributed by atoms with Crippen molar-refractivity contribution in [3.63, 3.8) is 0 Å².